The van der Waals surface area contributed by atoms with Crippen LogP contribution in [-0.4, -0.2) is 0 Å². The molecule has 0 aliphatic carbocycles. The Bertz CT molecular complexity index is 105. The molecule has 0 spiro atoms. The lowest BCUT2D eigenvalue weighted by atomic mass is 10.4. The summed E-state index contributed by atoms with van der Waals surface area (Å²) in [5.41, 5.74) is 0. The molecular formula is C6H8N2. The second-order valence-corrected chi connectivity index (χ2v) is 0.931. The third-order valence-corrected chi connectivity index (χ3v) is 0.445. The van der Waals surface area contributed by atoms with Gasteiger partial charge in [-0.2, -0.15) is 5.26 Å². The summed E-state index contributed by atoms with van der Waals surface area (Å²) in [5.74, 6) is 0. The van der Waals surface area contributed by atoms with Crippen molar-refractivity contribution in [3.05, 3.63) is 12.2 Å². The minimum Gasteiger partial charge on any atom is -0.202 e. The average Bonchev–Trinajstić information content (AvgIpc) is 1.88. The standard InChI is InChI=1S/C5H7N.CHN/c1-2-3-4-5-6;1-2/h2-3H,4H2,1H3;1H. The van der Waals surface area contributed by atoms with Crippen LogP contribution >= 0.6 is 0 Å². The van der Waals surface area contributed by atoms with E-state index in [2.05, 4.69) is 6.57 Å². The van der Waals surface area contributed by atoms with E-state index in [1.807, 2.05) is 25.1 Å². The van der Waals surface area contributed by atoms with Crippen LogP contribution in [0.25, 0.3) is 0 Å². The summed E-state index contributed by atoms with van der Waals surface area (Å²) in [5, 5.41) is 14.4. The van der Waals surface area contributed by atoms with Gasteiger partial charge in [0.2, 0.25) is 0 Å². The van der Waals surface area contributed by atoms with Crippen LogP contribution in [0.4, 0.5) is 0 Å². The van der Waals surface area contributed by atoms with Crippen molar-refractivity contribution < 1.29 is 0 Å². The van der Waals surface area contributed by atoms with Crippen molar-refractivity contribution in [2.45, 2.75) is 13.3 Å². The molecule has 2 nitrogen and oxygen atoms in total. The molecule has 0 aromatic rings. The first-order chi connectivity index (χ1) is 3.91. The van der Waals surface area contributed by atoms with Gasteiger partial charge in [0.05, 0.1) is 12.5 Å². The molecule has 0 aliphatic rings. The van der Waals surface area contributed by atoms with E-state index in [1.165, 1.54) is 0 Å². The summed E-state index contributed by atoms with van der Waals surface area (Å²) in [7, 11) is 0. The predicted octanol–water partition coefficient (Wildman–Crippen LogP) is 1.62. The molecule has 2 heteroatoms. The summed E-state index contributed by atoms with van der Waals surface area (Å²) in [4.78, 5) is 0. The van der Waals surface area contributed by atoms with Crippen LogP contribution in [0.5, 0.6) is 0 Å². The Morgan fingerprint density at radius 2 is 2.12 bits per heavy atom. The topological polar surface area (TPSA) is 47.6 Å². The minimum absolute atomic E-state index is 0.538. The Morgan fingerprint density at radius 1 is 1.62 bits per heavy atom. The molecule has 0 saturated carbocycles. The van der Waals surface area contributed by atoms with E-state index < -0.39 is 0 Å². The highest BCUT2D eigenvalue weighted by Crippen LogP contribution is 1.74. The van der Waals surface area contributed by atoms with Gasteiger partial charge in [-0.05, 0) is 6.92 Å². The number of nitriles is 2. The molecular weight excluding hydrogens is 100 g/mol. The zero-order valence-electron chi connectivity index (χ0n) is 4.83. The lowest BCUT2D eigenvalue weighted by Gasteiger charge is -1.63. The smallest absolute Gasteiger partial charge is 0.0663 e. The molecule has 0 amide bonds. The molecule has 0 heterocycles. The van der Waals surface area contributed by atoms with Crippen molar-refractivity contribution in [3.63, 3.8) is 0 Å². The maximum Gasteiger partial charge on any atom is 0.0663 e. The average molecular weight is 108 g/mol. The number of rotatable bonds is 1. The van der Waals surface area contributed by atoms with Gasteiger partial charge in [-0.15, -0.1) is 0 Å². The van der Waals surface area contributed by atoms with Crippen LogP contribution < -0.4 is 0 Å². The van der Waals surface area contributed by atoms with E-state index in [4.69, 9.17) is 10.5 Å². The van der Waals surface area contributed by atoms with E-state index in [0.29, 0.717) is 6.42 Å². The Morgan fingerprint density at radius 3 is 2.25 bits per heavy atom. The molecule has 0 aromatic carbocycles. The highest BCUT2D eigenvalue weighted by molar-refractivity contribution is 4.87. The largest absolute Gasteiger partial charge is 0.202 e. The normalized spacial score (nSPS) is 6.75. The fraction of sp³-hybridized carbons (Fsp3) is 0.333. The fourth-order valence-corrected chi connectivity index (χ4v) is 0.171. The zero-order valence-corrected chi connectivity index (χ0v) is 4.83. The van der Waals surface area contributed by atoms with Crippen LogP contribution in [0.1, 0.15) is 13.3 Å². The van der Waals surface area contributed by atoms with Gasteiger partial charge in [0.1, 0.15) is 0 Å². The van der Waals surface area contributed by atoms with Crippen molar-refractivity contribution in [1.29, 1.82) is 10.5 Å². The molecule has 0 aliphatic heterocycles. The maximum atomic E-state index is 7.90. The molecule has 0 saturated heterocycles. The SMILES string of the molecule is C#N.CC=CCC#N. The van der Waals surface area contributed by atoms with Crippen molar-refractivity contribution >= 4 is 0 Å². The molecule has 0 fully saturated rings. The van der Waals surface area contributed by atoms with Crippen LogP contribution in [0.2, 0.25) is 0 Å². The Balaban J connectivity index is 0. The lowest BCUT2D eigenvalue weighted by molar-refractivity contribution is 1.34. The van der Waals surface area contributed by atoms with Gasteiger partial charge in [0.25, 0.3) is 0 Å². The number of hydrogen-bond donors (Lipinski definition) is 0. The second kappa shape index (κ2) is 17.2. The molecule has 0 unspecified atom stereocenters. The van der Waals surface area contributed by atoms with Gasteiger partial charge in [-0.25, -0.2) is 5.26 Å². The molecule has 0 atom stereocenters. The van der Waals surface area contributed by atoms with Gasteiger partial charge in [0, 0.05) is 6.57 Å². The first kappa shape index (κ1) is 9.87. The minimum atomic E-state index is 0.538. The maximum absolute atomic E-state index is 7.90. The third kappa shape index (κ3) is 22.1. The molecule has 0 bridgehead atoms. The Hall–Kier alpha value is -1.28. The van der Waals surface area contributed by atoms with Crippen molar-refractivity contribution in [2.24, 2.45) is 0 Å². The molecule has 0 N–H and O–H groups in total. The van der Waals surface area contributed by atoms with Gasteiger partial charge >= 0.3 is 0 Å². The van der Waals surface area contributed by atoms with Crippen molar-refractivity contribution in [3.8, 4) is 12.6 Å². The Kier molecular flexibility index (Phi) is 21.2. The molecule has 42 valence electrons. The van der Waals surface area contributed by atoms with Gasteiger partial charge < -0.3 is 0 Å². The van der Waals surface area contributed by atoms with E-state index >= 15 is 0 Å². The predicted molar refractivity (Wildman–Crippen MR) is 31.7 cm³/mol. The van der Waals surface area contributed by atoms with E-state index in [0.717, 1.165) is 0 Å². The van der Waals surface area contributed by atoms with E-state index in [1.54, 1.807) is 0 Å². The number of nitrogens with zero attached hydrogens (tertiary/aromatic N) is 2. The van der Waals surface area contributed by atoms with Crippen LogP contribution in [0, 0.1) is 23.2 Å². The molecule has 0 radical (unpaired) electrons. The van der Waals surface area contributed by atoms with E-state index in [-0.39, 0.29) is 0 Å². The Labute approximate surface area is 49.7 Å². The van der Waals surface area contributed by atoms with Crippen molar-refractivity contribution in [1.82, 2.24) is 0 Å². The summed E-state index contributed by atoms with van der Waals surface area (Å²) < 4.78 is 0. The quantitative estimate of drug-likeness (QED) is 0.479. The first-order valence-electron chi connectivity index (χ1n) is 2.15. The first-order valence-corrected chi connectivity index (χ1v) is 2.15. The van der Waals surface area contributed by atoms with Crippen LogP contribution in [0.3, 0.4) is 0 Å². The van der Waals surface area contributed by atoms with Crippen LogP contribution in [0.15, 0.2) is 12.2 Å². The molecule has 0 aromatic heterocycles. The van der Waals surface area contributed by atoms with Crippen molar-refractivity contribution in [2.75, 3.05) is 0 Å². The molecule has 0 rings (SSSR count). The zero-order chi connectivity index (χ0) is 6.83. The van der Waals surface area contributed by atoms with Gasteiger partial charge in [0.15, 0.2) is 0 Å². The summed E-state index contributed by atoms with van der Waals surface area (Å²) in [6.07, 6.45) is 4.22. The molecule has 8 heavy (non-hydrogen) atoms. The highest BCUT2D eigenvalue weighted by Gasteiger charge is 1.61. The second-order valence-electron chi connectivity index (χ2n) is 0.931. The third-order valence-electron chi connectivity index (χ3n) is 0.445. The lowest BCUT2D eigenvalue weighted by Crippen LogP contribution is -1.49. The number of hydrogen-bond acceptors (Lipinski definition) is 2. The van der Waals surface area contributed by atoms with Crippen LogP contribution in [-0.2, 0) is 0 Å². The monoisotopic (exact) mass is 108 g/mol. The summed E-state index contributed by atoms with van der Waals surface area (Å²) >= 11 is 0. The van der Waals surface area contributed by atoms with Gasteiger partial charge in [-0.1, -0.05) is 12.2 Å². The number of allylic oxidation sites excluding steroid dienone is 2. The summed E-state index contributed by atoms with van der Waals surface area (Å²) in [6, 6.07) is 1.98. The van der Waals surface area contributed by atoms with E-state index in [9.17, 15) is 0 Å². The summed E-state index contributed by atoms with van der Waals surface area (Å²) in [6.45, 7) is 5.40. The highest BCUT2D eigenvalue weighted by atomic mass is 14.2. The fourth-order valence-electron chi connectivity index (χ4n) is 0.171. The van der Waals surface area contributed by atoms with Gasteiger partial charge in [-0.3, -0.25) is 0 Å².